The minimum absolute atomic E-state index is 0.219. The molecule has 0 spiro atoms. The number of fused-ring (bicyclic) bond motifs is 1. The first-order valence-electron chi connectivity index (χ1n) is 9.65. The van der Waals surface area contributed by atoms with Crippen molar-refractivity contribution in [3.05, 3.63) is 23.3 Å². The number of nitrogens with one attached hydrogen (secondary N) is 2. The molecule has 0 saturated carbocycles. The van der Waals surface area contributed by atoms with Crippen LogP contribution in [-0.2, 0) is 22.6 Å². The standard InChI is InChI=1S/C20H33N5O3/c1-20(2,3)17(19(27)21-4)23-18(26)16-14-13-24(5)10-8-11-25(14)15(22-16)9-7-12-28-6/h7,9,17H,8,10-13H2,1-6H3,(H,21,27)(H,23,26). The van der Waals surface area contributed by atoms with Gasteiger partial charge in [0.25, 0.3) is 5.91 Å². The van der Waals surface area contributed by atoms with Crippen LogP contribution < -0.4 is 10.6 Å². The Morgan fingerprint density at radius 1 is 1.32 bits per heavy atom. The lowest BCUT2D eigenvalue weighted by atomic mass is 9.86. The molecule has 2 rings (SSSR count). The number of hydrogen-bond acceptors (Lipinski definition) is 5. The molecular formula is C20H33N5O3. The zero-order chi connectivity index (χ0) is 20.9. The molecule has 28 heavy (non-hydrogen) atoms. The average Bonchev–Trinajstić information content (AvgIpc) is 2.83. The number of methoxy groups -OCH3 is 1. The highest BCUT2D eigenvalue weighted by atomic mass is 16.5. The second kappa shape index (κ2) is 9.34. The van der Waals surface area contributed by atoms with Crippen molar-refractivity contribution < 1.29 is 14.3 Å². The van der Waals surface area contributed by atoms with Crippen molar-refractivity contribution >= 4 is 17.9 Å². The lowest BCUT2D eigenvalue weighted by Gasteiger charge is -2.29. The number of nitrogens with zero attached hydrogens (tertiary/aromatic N) is 3. The normalized spacial score (nSPS) is 16.5. The predicted molar refractivity (Wildman–Crippen MR) is 109 cm³/mol. The Morgan fingerprint density at radius 3 is 2.64 bits per heavy atom. The third-order valence-corrected chi connectivity index (χ3v) is 4.84. The summed E-state index contributed by atoms with van der Waals surface area (Å²) in [4.78, 5) is 32.2. The predicted octanol–water partition coefficient (Wildman–Crippen LogP) is 1.27. The van der Waals surface area contributed by atoms with E-state index < -0.39 is 11.5 Å². The van der Waals surface area contributed by atoms with E-state index in [-0.39, 0.29) is 11.8 Å². The van der Waals surface area contributed by atoms with E-state index in [1.165, 1.54) is 0 Å². The number of carbonyl (C=O) groups is 2. The molecule has 1 atom stereocenters. The van der Waals surface area contributed by atoms with E-state index in [1.807, 2.05) is 40.0 Å². The van der Waals surface area contributed by atoms with Crippen LogP contribution in [0.2, 0.25) is 0 Å². The van der Waals surface area contributed by atoms with E-state index in [2.05, 4.69) is 25.1 Å². The van der Waals surface area contributed by atoms with E-state index >= 15 is 0 Å². The second-order valence-electron chi connectivity index (χ2n) is 8.25. The van der Waals surface area contributed by atoms with E-state index in [4.69, 9.17) is 4.74 Å². The second-order valence-corrected chi connectivity index (χ2v) is 8.25. The SMILES string of the molecule is CNC(=O)C(NC(=O)c1nc(C=CCOC)n2c1CN(C)CCC2)C(C)(C)C. The van der Waals surface area contributed by atoms with E-state index in [0.717, 1.165) is 31.0 Å². The van der Waals surface area contributed by atoms with Crippen molar-refractivity contribution in [1.82, 2.24) is 25.1 Å². The highest BCUT2D eigenvalue weighted by molar-refractivity contribution is 5.97. The Bertz CT molecular complexity index is 733. The lowest BCUT2D eigenvalue weighted by Crippen LogP contribution is -2.53. The summed E-state index contributed by atoms with van der Waals surface area (Å²) in [5.74, 6) is 0.192. The number of aromatic nitrogens is 2. The Labute approximate surface area is 167 Å². The minimum atomic E-state index is -0.654. The van der Waals surface area contributed by atoms with Gasteiger partial charge in [0.2, 0.25) is 5.91 Å². The van der Waals surface area contributed by atoms with E-state index in [1.54, 1.807) is 14.2 Å². The van der Waals surface area contributed by atoms with Crippen LogP contribution >= 0.6 is 0 Å². The largest absolute Gasteiger partial charge is 0.381 e. The number of amides is 2. The maximum Gasteiger partial charge on any atom is 0.272 e. The van der Waals surface area contributed by atoms with Crippen LogP contribution in [0.5, 0.6) is 0 Å². The van der Waals surface area contributed by atoms with Crippen LogP contribution in [-0.4, -0.2) is 66.7 Å². The quantitative estimate of drug-likeness (QED) is 0.762. The number of carbonyl (C=O) groups excluding carboxylic acids is 2. The highest BCUT2D eigenvalue weighted by Crippen LogP contribution is 2.23. The monoisotopic (exact) mass is 391 g/mol. The van der Waals surface area contributed by atoms with Gasteiger partial charge in [0.05, 0.1) is 12.3 Å². The number of imidazole rings is 1. The van der Waals surface area contributed by atoms with Gasteiger partial charge in [0.1, 0.15) is 11.9 Å². The van der Waals surface area contributed by atoms with Gasteiger partial charge in [-0.25, -0.2) is 4.98 Å². The first-order chi connectivity index (χ1) is 13.2. The third kappa shape index (κ3) is 5.20. The van der Waals surface area contributed by atoms with Gasteiger partial charge >= 0.3 is 0 Å². The van der Waals surface area contributed by atoms with Crippen molar-refractivity contribution in [2.45, 2.75) is 46.3 Å². The van der Waals surface area contributed by atoms with Gasteiger partial charge in [-0.1, -0.05) is 26.8 Å². The van der Waals surface area contributed by atoms with Crippen LogP contribution in [0.1, 0.15) is 49.2 Å². The van der Waals surface area contributed by atoms with Crippen LogP contribution in [0.4, 0.5) is 0 Å². The molecule has 8 nitrogen and oxygen atoms in total. The summed E-state index contributed by atoms with van der Waals surface area (Å²) < 4.78 is 7.17. The smallest absolute Gasteiger partial charge is 0.272 e. The molecule has 156 valence electrons. The summed E-state index contributed by atoms with van der Waals surface area (Å²) in [6, 6.07) is -0.654. The average molecular weight is 392 g/mol. The molecule has 1 aromatic heterocycles. The van der Waals surface area contributed by atoms with Crippen molar-refractivity contribution in [1.29, 1.82) is 0 Å². The highest BCUT2D eigenvalue weighted by Gasteiger charge is 2.34. The Balaban J connectivity index is 2.40. The summed E-state index contributed by atoms with van der Waals surface area (Å²) >= 11 is 0. The first kappa shape index (κ1) is 22.1. The van der Waals surface area contributed by atoms with E-state index in [0.29, 0.717) is 18.8 Å². The Morgan fingerprint density at radius 2 is 2.04 bits per heavy atom. The number of likely N-dealkylation sites (N-methyl/N-ethyl adjacent to an activating group) is 1. The van der Waals surface area contributed by atoms with Crippen LogP contribution in [0.15, 0.2) is 6.08 Å². The Hall–Kier alpha value is -2.19. The van der Waals surface area contributed by atoms with Crippen molar-refractivity contribution in [3.8, 4) is 0 Å². The maximum absolute atomic E-state index is 13.1. The van der Waals surface area contributed by atoms with Crippen molar-refractivity contribution in [2.24, 2.45) is 5.41 Å². The lowest BCUT2D eigenvalue weighted by molar-refractivity contribution is -0.124. The van der Waals surface area contributed by atoms with Gasteiger partial charge in [0, 0.05) is 27.2 Å². The Kier molecular flexibility index (Phi) is 7.37. The van der Waals surface area contributed by atoms with Gasteiger partial charge in [0.15, 0.2) is 5.69 Å². The first-order valence-corrected chi connectivity index (χ1v) is 9.65. The molecule has 2 heterocycles. The van der Waals surface area contributed by atoms with Crippen molar-refractivity contribution in [2.75, 3.05) is 34.4 Å². The molecule has 0 aliphatic carbocycles. The van der Waals surface area contributed by atoms with Gasteiger partial charge < -0.3 is 24.8 Å². The summed E-state index contributed by atoms with van der Waals surface area (Å²) in [6.07, 6.45) is 4.75. The summed E-state index contributed by atoms with van der Waals surface area (Å²) in [7, 11) is 5.24. The van der Waals surface area contributed by atoms with Gasteiger partial charge in [-0.15, -0.1) is 0 Å². The van der Waals surface area contributed by atoms with E-state index in [9.17, 15) is 9.59 Å². The van der Waals surface area contributed by atoms with Crippen LogP contribution in [0, 0.1) is 5.41 Å². The fourth-order valence-corrected chi connectivity index (χ4v) is 3.33. The molecule has 1 aliphatic rings. The molecule has 0 saturated heterocycles. The molecular weight excluding hydrogens is 358 g/mol. The molecule has 0 bridgehead atoms. The maximum atomic E-state index is 13.1. The van der Waals surface area contributed by atoms with Crippen molar-refractivity contribution in [3.63, 3.8) is 0 Å². The molecule has 0 aromatic carbocycles. The molecule has 2 N–H and O–H groups in total. The summed E-state index contributed by atoms with van der Waals surface area (Å²) in [5, 5.41) is 5.53. The molecule has 0 fully saturated rings. The molecule has 2 amide bonds. The number of ether oxygens (including phenoxy) is 1. The molecule has 1 aromatic rings. The summed E-state index contributed by atoms with van der Waals surface area (Å²) in [6.45, 7) is 8.63. The zero-order valence-electron chi connectivity index (χ0n) is 17.8. The zero-order valence-corrected chi connectivity index (χ0v) is 17.8. The minimum Gasteiger partial charge on any atom is -0.381 e. The van der Waals surface area contributed by atoms with Crippen LogP contribution in [0.3, 0.4) is 0 Å². The fourth-order valence-electron chi connectivity index (χ4n) is 3.33. The fraction of sp³-hybridized carbons (Fsp3) is 0.650. The number of hydrogen-bond donors (Lipinski definition) is 2. The van der Waals surface area contributed by atoms with Gasteiger partial charge in [-0.2, -0.15) is 0 Å². The summed E-state index contributed by atoms with van der Waals surface area (Å²) in [5.41, 5.74) is 0.827. The molecule has 8 heteroatoms. The topological polar surface area (TPSA) is 88.5 Å². The van der Waals surface area contributed by atoms with Crippen LogP contribution in [0.25, 0.3) is 6.08 Å². The molecule has 1 aliphatic heterocycles. The van der Waals surface area contributed by atoms with Gasteiger partial charge in [-0.3, -0.25) is 9.59 Å². The third-order valence-electron chi connectivity index (χ3n) is 4.84. The number of rotatable bonds is 6. The molecule has 0 radical (unpaired) electrons. The molecule has 1 unspecified atom stereocenters. The van der Waals surface area contributed by atoms with Gasteiger partial charge in [-0.05, 0) is 31.5 Å².